The molecule has 2 N–H and O–H groups in total. The summed E-state index contributed by atoms with van der Waals surface area (Å²) in [6.07, 6.45) is 1.18. The van der Waals surface area contributed by atoms with Gasteiger partial charge in [0, 0.05) is 10.7 Å². The van der Waals surface area contributed by atoms with E-state index in [1.165, 1.54) is 6.26 Å². The number of sulfone groups is 1. The van der Waals surface area contributed by atoms with Gasteiger partial charge < -0.3 is 10.5 Å². The SMILES string of the molecule is CS(=O)(=O)c1ccc([C@]2(c3cccc(Br)c3)COC(N)=N2)cc1. The van der Waals surface area contributed by atoms with Gasteiger partial charge in [0.05, 0.1) is 4.90 Å². The van der Waals surface area contributed by atoms with Crippen LogP contribution in [0.5, 0.6) is 0 Å². The lowest BCUT2D eigenvalue weighted by Crippen LogP contribution is -2.27. The largest absolute Gasteiger partial charge is 0.462 e. The third-order valence-corrected chi connectivity index (χ3v) is 5.41. The van der Waals surface area contributed by atoms with E-state index in [4.69, 9.17) is 10.5 Å². The molecule has 2 aromatic carbocycles. The van der Waals surface area contributed by atoms with Crippen molar-refractivity contribution in [1.82, 2.24) is 0 Å². The molecule has 1 aliphatic heterocycles. The Morgan fingerprint density at radius 1 is 1.17 bits per heavy atom. The zero-order valence-corrected chi connectivity index (χ0v) is 14.8. The third-order valence-electron chi connectivity index (χ3n) is 3.79. The van der Waals surface area contributed by atoms with E-state index in [9.17, 15) is 8.42 Å². The van der Waals surface area contributed by atoms with Crippen molar-refractivity contribution < 1.29 is 13.2 Å². The van der Waals surface area contributed by atoms with Crippen LogP contribution in [0.4, 0.5) is 0 Å². The average molecular weight is 395 g/mol. The summed E-state index contributed by atoms with van der Waals surface area (Å²) < 4.78 is 29.6. The zero-order valence-electron chi connectivity index (χ0n) is 12.4. The van der Waals surface area contributed by atoms with E-state index in [1.54, 1.807) is 24.3 Å². The summed E-state index contributed by atoms with van der Waals surface area (Å²) in [6, 6.07) is 14.5. The Balaban J connectivity index is 2.15. The van der Waals surface area contributed by atoms with Gasteiger partial charge in [-0.05, 0) is 35.4 Å². The smallest absolute Gasteiger partial charge is 0.283 e. The van der Waals surface area contributed by atoms with Gasteiger partial charge in [-0.25, -0.2) is 13.4 Å². The molecule has 0 spiro atoms. The molecule has 0 bridgehead atoms. The fraction of sp³-hybridized carbons (Fsp3) is 0.188. The molecular formula is C16H15BrN2O3S. The molecule has 0 radical (unpaired) electrons. The quantitative estimate of drug-likeness (QED) is 0.866. The molecule has 1 aliphatic rings. The van der Waals surface area contributed by atoms with E-state index in [0.29, 0.717) is 0 Å². The number of halogens is 1. The van der Waals surface area contributed by atoms with Gasteiger partial charge in [-0.15, -0.1) is 0 Å². The van der Waals surface area contributed by atoms with Gasteiger partial charge >= 0.3 is 0 Å². The number of hydrogen-bond acceptors (Lipinski definition) is 5. The van der Waals surface area contributed by atoms with E-state index >= 15 is 0 Å². The summed E-state index contributed by atoms with van der Waals surface area (Å²) in [4.78, 5) is 4.76. The van der Waals surface area contributed by atoms with Crippen LogP contribution in [0.15, 0.2) is 62.9 Å². The Morgan fingerprint density at radius 3 is 2.39 bits per heavy atom. The Morgan fingerprint density at radius 2 is 1.87 bits per heavy atom. The van der Waals surface area contributed by atoms with Crippen molar-refractivity contribution >= 4 is 31.8 Å². The Bertz CT molecular complexity index is 878. The Hall–Kier alpha value is -1.86. The van der Waals surface area contributed by atoms with Gasteiger partial charge in [0.25, 0.3) is 6.02 Å². The molecule has 2 aromatic rings. The number of rotatable bonds is 3. The van der Waals surface area contributed by atoms with E-state index < -0.39 is 15.4 Å². The lowest BCUT2D eigenvalue weighted by atomic mass is 9.84. The first-order valence-electron chi connectivity index (χ1n) is 6.86. The molecule has 120 valence electrons. The highest BCUT2D eigenvalue weighted by atomic mass is 79.9. The number of hydrogen-bond donors (Lipinski definition) is 1. The zero-order chi connectivity index (χ0) is 16.7. The summed E-state index contributed by atoms with van der Waals surface area (Å²) >= 11 is 3.46. The van der Waals surface area contributed by atoms with Crippen LogP contribution in [0, 0.1) is 0 Å². The topological polar surface area (TPSA) is 81.8 Å². The second-order valence-corrected chi connectivity index (χ2v) is 8.34. The standard InChI is InChI=1S/C16H15BrN2O3S/c1-23(20,21)14-7-5-11(6-8-14)16(10-22-15(18)19-16)12-3-2-4-13(17)9-12/h2-9H,10H2,1H3,(H2,18,19)/t16-/m0/s1. The highest BCUT2D eigenvalue weighted by molar-refractivity contribution is 9.10. The van der Waals surface area contributed by atoms with Crippen molar-refractivity contribution in [2.75, 3.05) is 12.9 Å². The van der Waals surface area contributed by atoms with E-state index in [1.807, 2.05) is 24.3 Å². The van der Waals surface area contributed by atoms with Crippen LogP contribution in [-0.4, -0.2) is 27.3 Å². The average Bonchev–Trinajstić information content (AvgIpc) is 2.90. The highest BCUT2D eigenvalue weighted by Gasteiger charge is 2.40. The molecule has 0 aliphatic carbocycles. The minimum atomic E-state index is -3.24. The molecule has 7 heteroatoms. The normalized spacial score (nSPS) is 20.9. The van der Waals surface area contributed by atoms with E-state index in [0.717, 1.165) is 15.6 Å². The molecule has 0 unspecified atom stereocenters. The van der Waals surface area contributed by atoms with Crippen molar-refractivity contribution in [3.63, 3.8) is 0 Å². The molecule has 0 amide bonds. The van der Waals surface area contributed by atoms with Crippen molar-refractivity contribution in [3.05, 3.63) is 64.1 Å². The number of amidine groups is 1. The fourth-order valence-corrected chi connectivity index (χ4v) is 3.65. The number of nitrogens with zero attached hydrogens (tertiary/aromatic N) is 1. The van der Waals surface area contributed by atoms with Gasteiger partial charge in [0.2, 0.25) is 0 Å². The number of aliphatic imine (C=N–C) groups is 1. The van der Waals surface area contributed by atoms with Gasteiger partial charge in [-0.2, -0.15) is 0 Å². The van der Waals surface area contributed by atoms with Crippen LogP contribution in [0.2, 0.25) is 0 Å². The summed E-state index contributed by atoms with van der Waals surface area (Å²) in [5, 5.41) is 0. The maximum Gasteiger partial charge on any atom is 0.283 e. The lowest BCUT2D eigenvalue weighted by molar-refractivity contribution is 0.278. The fourth-order valence-electron chi connectivity index (χ4n) is 2.62. The molecule has 0 aromatic heterocycles. The minimum absolute atomic E-state index is 0.122. The van der Waals surface area contributed by atoms with Crippen LogP contribution in [-0.2, 0) is 20.1 Å². The number of nitrogens with two attached hydrogens (primary N) is 1. The van der Waals surface area contributed by atoms with Gasteiger partial charge in [-0.3, -0.25) is 0 Å². The molecule has 23 heavy (non-hydrogen) atoms. The summed E-state index contributed by atoms with van der Waals surface area (Å²) in [6.45, 7) is 0.271. The molecule has 0 saturated carbocycles. The molecule has 0 fully saturated rings. The highest BCUT2D eigenvalue weighted by Crippen LogP contribution is 2.38. The van der Waals surface area contributed by atoms with Crippen molar-refractivity contribution in [3.8, 4) is 0 Å². The second-order valence-electron chi connectivity index (χ2n) is 5.41. The summed E-state index contributed by atoms with van der Waals surface area (Å²) in [7, 11) is -3.24. The summed E-state index contributed by atoms with van der Waals surface area (Å²) in [5.41, 5.74) is 6.71. The lowest BCUT2D eigenvalue weighted by Gasteiger charge is -2.25. The molecule has 1 atom stereocenters. The predicted octanol–water partition coefficient (Wildman–Crippen LogP) is 2.44. The molecule has 3 rings (SSSR count). The summed E-state index contributed by atoms with van der Waals surface area (Å²) in [5.74, 6) is 0. The Kier molecular flexibility index (Phi) is 3.93. The van der Waals surface area contributed by atoms with E-state index in [-0.39, 0.29) is 17.5 Å². The molecule has 1 heterocycles. The van der Waals surface area contributed by atoms with Gasteiger partial charge in [-0.1, -0.05) is 40.2 Å². The second kappa shape index (κ2) is 5.65. The number of ether oxygens (including phenoxy) is 1. The number of benzene rings is 2. The third kappa shape index (κ3) is 2.98. The molecular weight excluding hydrogens is 380 g/mol. The predicted molar refractivity (Wildman–Crippen MR) is 92.0 cm³/mol. The van der Waals surface area contributed by atoms with Gasteiger partial charge in [0.15, 0.2) is 15.4 Å². The Labute approximate surface area is 143 Å². The van der Waals surface area contributed by atoms with Crippen LogP contribution in [0.25, 0.3) is 0 Å². The maximum absolute atomic E-state index is 11.6. The van der Waals surface area contributed by atoms with Crippen LogP contribution in [0.1, 0.15) is 11.1 Å². The monoisotopic (exact) mass is 394 g/mol. The van der Waals surface area contributed by atoms with Crippen molar-refractivity contribution in [2.45, 2.75) is 10.4 Å². The van der Waals surface area contributed by atoms with Crippen LogP contribution in [0.3, 0.4) is 0 Å². The van der Waals surface area contributed by atoms with Crippen LogP contribution >= 0.6 is 15.9 Å². The van der Waals surface area contributed by atoms with Crippen molar-refractivity contribution in [2.24, 2.45) is 10.7 Å². The minimum Gasteiger partial charge on any atom is -0.462 e. The van der Waals surface area contributed by atoms with Gasteiger partial charge in [0.1, 0.15) is 6.61 Å². The van der Waals surface area contributed by atoms with Crippen LogP contribution < -0.4 is 5.73 Å². The first kappa shape index (κ1) is 16.0. The first-order valence-corrected chi connectivity index (χ1v) is 9.54. The van der Waals surface area contributed by atoms with E-state index in [2.05, 4.69) is 20.9 Å². The first-order chi connectivity index (χ1) is 10.8. The molecule has 5 nitrogen and oxygen atoms in total. The molecule has 0 saturated heterocycles. The maximum atomic E-state index is 11.6. The van der Waals surface area contributed by atoms with Crippen molar-refractivity contribution in [1.29, 1.82) is 0 Å².